The lowest BCUT2D eigenvalue weighted by Crippen LogP contribution is -2.23. The Morgan fingerprint density at radius 3 is 2.20 bits per heavy atom. The van der Waals surface area contributed by atoms with Gasteiger partial charge in [0.1, 0.15) is 6.10 Å². The number of oxime groups is 1. The summed E-state index contributed by atoms with van der Waals surface area (Å²) in [5, 5.41) is 3.73. The molecule has 4 heteroatoms. The first-order chi connectivity index (χ1) is 4.70. The molecule has 0 fully saturated rings. The van der Waals surface area contributed by atoms with E-state index in [4.69, 9.17) is 16.3 Å². The van der Waals surface area contributed by atoms with E-state index < -0.39 is 0 Å². The first kappa shape index (κ1) is 9.39. The van der Waals surface area contributed by atoms with Crippen molar-refractivity contribution in [2.24, 2.45) is 16.6 Å². The van der Waals surface area contributed by atoms with E-state index >= 15 is 0 Å². The van der Waals surface area contributed by atoms with Gasteiger partial charge in [0.25, 0.3) is 0 Å². The van der Waals surface area contributed by atoms with Crippen molar-refractivity contribution < 1.29 is 4.84 Å². The Morgan fingerprint density at radius 1 is 1.40 bits per heavy atom. The zero-order valence-corrected chi connectivity index (χ0v) is 6.50. The van der Waals surface area contributed by atoms with Gasteiger partial charge in [0.05, 0.1) is 5.71 Å². The van der Waals surface area contributed by atoms with Gasteiger partial charge in [0, 0.05) is 13.1 Å². The minimum Gasteiger partial charge on any atom is -0.393 e. The molecule has 0 bridgehead atoms. The van der Waals surface area contributed by atoms with Crippen molar-refractivity contribution >= 4 is 5.71 Å². The van der Waals surface area contributed by atoms with Gasteiger partial charge in [-0.25, -0.2) is 0 Å². The summed E-state index contributed by atoms with van der Waals surface area (Å²) in [5.74, 6) is 0. The van der Waals surface area contributed by atoms with Crippen LogP contribution < -0.4 is 11.5 Å². The summed E-state index contributed by atoms with van der Waals surface area (Å²) in [5.41, 5.74) is 11.2. The number of hydrogen-bond acceptors (Lipinski definition) is 4. The van der Waals surface area contributed by atoms with E-state index in [0.717, 1.165) is 0 Å². The van der Waals surface area contributed by atoms with E-state index in [2.05, 4.69) is 5.16 Å². The van der Waals surface area contributed by atoms with Gasteiger partial charge in [-0.1, -0.05) is 5.16 Å². The third-order valence-electron chi connectivity index (χ3n) is 0.864. The monoisotopic (exact) mass is 145 g/mol. The molecule has 0 spiro atoms. The molecular formula is C6H15N3O. The molecule has 0 aliphatic heterocycles. The molecule has 0 saturated carbocycles. The molecule has 0 unspecified atom stereocenters. The highest BCUT2D eigenvalue weighted by Crippen LogP contribution is 1.87. The quantitative estimate of drug-likeness (QED) is 0.421. The van der Waals surface area contributed by atoms with Crippen LogP contribution in [0.4, 0.5) is 0 Å². The van der Waals surface area contributed by atoms with E-state index in [1.54, 1.807) is 0 Å². The lowest BCUT2D eigenvalue weighted by molar-refractivity contribution is 0.0854. The molecule has 0 aromatic heterocycles. The highest BCUT2D eigenvalue weighted by molar-refractivity contribution is 5.87. The van der Waals surface area contributed by atoms with Gasteiger partial charge < -0.3 is 16.3 Å². The first-order valence-electron chi connectivity index (χ1n) is 3.32. The molecule has 0 aliphatic rings. The SMILES string of the molecule is CC(C)ON=C(CN)CN. The second kappa shape index (κ2) is 5.20. The van der Waals surface area contributed by atoms with Crippen molar-refractivity contribution in [1.82, 2.24) is 0 Å². The summed E-state index contributed by atoms with van der Waals surface area (Å²) >= 11 is 0. The van der Waals surface area contributed by atoms with Crippen LogP contribution in [0.3, 0.4) is 0 Å². The van der Waals surface area contributed by atoms with Gasteiger partial charge in [-0.3, -0.25) is 0 Å². The zero-order chi connectivity index (χ0) is 7.98. The Morgan fingerprint density at radius 2 is 1.90 bits per heavy atom. The molecule has 0 aliphatic carbocycles. The van der Waals surface area contributed by atoms with E-state index in [1.807, 2.05) is 13.8 Å². The van der Waals surface area contributed by atoms with Gasteiger partial charge >= 0.3 is 0 Å². The smallest absolute Gasteiger partial charge is 0.122 e. The zero-order valence-electron chi connectivity index (χ0n) is 6.50. The van der Waals surface area contributed by atoms with Crippen LogP contribution in [0.1, 0.15) is 13.8 Å². The lowest BCUT2D eigenvalue weighted by atomic mass is 10.4. The molecule has 0 saturated heterocycles. The Hall–Kier alpha value is -0.610. The van der Waals surface area contributed by atoms with Crippen LogP contribution in [0.2, 0.25) is 0 Å². The van der Waals surface area contributed by atoms with Gasteiger partial charge in [-0.05, 0) is 13.8 Å². The third-order valence-corrected chi connectivity index (χ3v) is 0.864. The Balaban J connectivity index is 3.63. The van der Waals surface area contributed by atoms with Crippen LogP contribution in [-0.4, -0.2) is 24.9 Å². The Kier molecular flexibility index (Phi) is 4.88. The summed E-state index contributed by atoms with van der Waals surface area (Å²) in [6.07, 6.45) is 0.0908. The fraction of sp³-hybridized carbons (Fsp3) is 0.833. The number of hydrogen-bond donors (Lipinski definition) is 2. The minimum atomic E-state index is 0.0908. The van der Waals surface area contributed by atoms with Gasteiger partial charge in [-0.2, -0.15) is 0 Å². The van der Waals surface area contributed by atoms with E-state index in [1.165, 1.54) is 0 Å². The molecule has 4 N–H and O–H groups in total. The van der Waals surface area contributed by atoms with Crippen LogP contribution in [-0.2, 0) is 4.84 Å². The largest absolute Gasteiger partial charge is 0.393 e. The maximum absolute atomic E-state index is 5.28. The Labute approximate surface area is 61.2 Å². The summed E-state index contributed by atoms with van der Waals surface area (Å²) in [6.45, 7) is 4.52. The van der Waals surface area contributed by atoms with Crippen LogP contribution >= 0.6 is 0 Å². The number of rotatable bonds is 4. The molecule has 0 heterocycles. The number of nitrogens with zero attached hydrogens (tertiary/aromatic N) is 1. The summed E-state index contributed by atoms with van der Waals surface area (Å²) in [6, 6.07) is 0. The predicted molar refractivity (Wildman–Crippen MR) is 41.8 cm³/mol. The average molecular weight is 145 g/mol. The summed E-state index contributed by atoms with van der Waals surface area (Å²) in [7, 11) is 0. The minimum absolute atomic E-state index is 0.0908. The van der Waals surface area contributed by atoms with Crippen molar-refractivity contribution in [2.75, 3.05) is 13.1 Å². The van der Waals surface area contributed by atoms with Gasteiger partial charge in [0.15, 0.2) is 0 Å². The summed E-state index contributed by atoms with van der Waals surface area (Å²) in [4.78, 5) is 4.91. The molecule has 0 atom stereocenters. The van der Waals surface area contributed by atoms with Crippen LogP contribution in [0.25, 0.3) is 0 Å². The maximum Gasteiger partial charge on any atom is 0.122 e. The molecule has 0 radical (unpaired) electrons. The molecule has 0 rings (SSSR count). The molecule has 10 heavy (non-hydrogen) atoms. The van der Waals surface area contributed by atoms with E-state index in [0.29, 0.717) is 18.8 Å². The van der Waals surface area contributed by atoms with Crippen molar-refractivity contribution in [2.45, 2.75) is 20.0 Å². The maximum atomic E-state index is 5.28. The molecule has 4 nitrogen and oxygen atoms in total. The Bertz CT molecular complexity index is 106. The second-order valence-electron chi connectivity index (χ2n) is 2.22. The van der Waals surface area contributed by atoms with E-state index in [-0.39, 0.29) is 6.10 Å². The second-order valence-corrected chi connectivity index (χ2v) is 2.22. The van der Waals surface area contributed by atoms with Crippen molar-refractivity contribution in [1.29, 1.82) is 0 Å². The lowest BCUT2D eigenvalue weighted by Gasteiger charge is -2.03. The van der Waals surface area contributed by atoms with Crippen LogP contribution in [0.15, 0.2) is 5.16 Å². The molecular weight excluding hydrogens is 130 g/mol. The fourth-order valence-electron chi connectivity index (χ4n) is 0.338. The molecule has 0 aromatic carbocycles. The highest BCUT2D eigenvalue weighted by Gasteiger charge is 1.94. The van der Waals surface area contributed by atoms with Crippen LogP contribution in [0, 0.1) is 0 Å². The highest BCUT2D eigenvalue weighted by atomic mass is 16.6. The summed E-state index contributed by atoms with van der Waals surface area (Å²) < 4.78 is 0. The topological polar surface area (TPSA) is 73.6 Å². The van der Waals surface area contributed by atoms with Gasteiger partial charge in [0.2, 0.25) is 0 Å². The van der Waals surface area contributed by atoms with Crippen molar-refractivity contribution in [3.05, 3.63) is 0 Å². The molecule has 0 amide bonds. The first-order valence-corrected chi connectivity index (χ1v) is 3.32. The molecule has 0 aromatic rings. The van der Waals surface area contributed by atoms with Crippen LogP contribution in [0.5, 0.6) is 0 Å². The normalized spacial score (nSPS) is 9.70. The van der Waals surface area contributed by atoms with Crippen molar-refractivity contribution in [3.8, 4) is 0 Å². The third kappa shape index (κ3) is 4.29. The predicted octanol–water partition coefficient (Wildman–Crippen LogP) is -0.315. The fourth-order valence-corrected chi connectivity index (χ4v) is 0.338. The average Bonchev–Trinajstić information content (AvgIpc) is 1.90. The molecule has 60 valence electrons. The number of nitrogens with two attached hydrogens (primary N) is 2. The van der Waals surface area contributed by atoms with E-state index in [9.17, 15) is 0 Å². The van der Waals surface area contributed by atoms with Gasteiger partial charge in [-0.15, -0.1) is 0 Å². The standard InChI is InChI=1S/C6H15N3O/c1-5(2)10-9-6(3-7)4-8/h5H,3-4,7-8H2,1-2H3. The van der Waals surface area contributed by atoms with Crippen molar-refractivity contribution in [3.63, 3.8) is 0 Å².